The van der Waals surface area contributed by atoms with Crippen LogP contribution in [0.1, 0.15) is 24.5 Å². The van der Waals surface area contributed by atoms with Crippen LogP contribution in [0.25, 0.3) is 0 Å². The first kappa shape index (κ1) is 21.0. The largest absolute Gasteiger partial charge is 0.430 e. The predicted molar refractivity (Wildman–Crippen MR) is 105 cm³/mol. The number of ether oxygens (including phenoxy) is 1. The number of halogens is 4. The third kappa shape index (κ3) is 4.84. The molecule has 5 nitrogen and oxygen atoms in total. The van der Waals surface area contributed by atoms with Crippen LogP contribution >= 0.6 is 15.9 Å². The van der Waals surface area contributed by atoms with Crippen molar-refractivity contribution in [2.24, 2.45) is 4.99 Å². The van der Waals surface area contributed by atoms with Gasteiger partial charge in [0, 0.05) is 22.0 Å². The molecule has 0 saturated heterocycles. The number of carbonyl (C=O) groups is 2. The number of anilines is 1. The number of aliphatic imine (C=N–C) groups is 1. The monoisotopic (exact) mass is 468 g/mol. The Morgan fingerprint density at radius 3 is 2.52 bits per heavy atom. The van der Waals surface area contributed by atoms with Crippen LogP contribution in [-0.2, 0) is 14.3 Å². The molecule has 1 atom stereocenters. The first-order valence-corrected chi connectivity index (χ1v) is 9.49. The fraction of sp³-hybridized carbons (Fsp3) is 0.250. The van der Waals surface area contributed by atoms with Crippen LogP contribution in [-0.4, -0.2) is 36.5 Å². The minimum atomic E-state index is -4.66. The van der Waals surface area contributed by atoms with Gasteiger partial charge in [0.15, 0.2) is 0 Å². The zero-order chi connectivity index (χ0) is 21.2. The molecule has 3 rings (SSSR count). The topological polar surface area (TPSA) is 59.0 Å². The normalized spacial score (nSPS) is 16.7. The van der Waals surface area contributed by atoms with E-state index >= 15 is 0 Å². The van der Waals surface area contributed by atoms with Crippen LogP contribution in [0, 0.1) is 0 Å². The minimum absolute atomic E-state index is 0.0353. The smallest absolute Gasteiger partial charge is 0.406 e. The predicted octanol–water partition coefficient (Wildman–Crippen LogP) is 4.47. The molecule has 1 amide bonds. The second-order valence-electron chi connectivity index (χ2n) is 6.24. The molecule has 1 aliphatic rings. The number of hydrogen-bond donors (Lipinski definition) is 0. The Balaban J connectivity index is 2.23. The van der Waals surface area contributed by atoms with Crippen molar-refractivity contribution in [3.63, 3.8) is 0 Å². The molecule has 0 saturated carbocycles. The number of hydrogen-bond acceptors (Lipinski definition) is 4. The van der Waals surface area contributed by atoms with Crippen molar-refractivity contribution >= 4 is 39.2 Å². The lowest BCUT2D eigenvalue weighted by Gasteiger charge is -2.26. The highest BCUT2D eigenvalue weighted by molar-refractivity contribution is 9.10. The molecule has 0 aliphatic carbocycles. The molecular weight excluding hydrogens is 453 g/mol. The van der Waals surface area contributed by atoms with E-state index in [2.05, 4.69) is 20.9 Å². The lowest BCUT2D eigenvalue weighted by molar-refractivity contribution is -0.155. The van der Waals surface area contributed by atoms with E-state index in [0.717, 1.165) is 0 Å². The number of fused-ring (bicyclic) bond motifs is 1. The molecule has 0 fully saturated rings. The van der Waals surface area contributed by atoms with Gasteiger partial charge in [0.2, 0.25) is 0 Å². The van der Waals surface area contributed by atoms with Crippen molar-refractivity contribution in [2.45, 2.75) is 25.7 Å². The maximum absolute atomic E-state index is 13.2. The molecule has 9 heteroatoms. The third-order valence-electron chi connectivity index (χ3n) is 4.14. The lowest BCUT2D eigenvalue weighted by Crippen LogP contribution is -2.44. The van der Waals surface area contributed by atoms with Gasteiger partial charge in [-0.15, -0.1) is 0 Å². The van der Waals surface area contributed by atoms with Gasteiger partial charge < -0.3 is 4.74 Å². The fourth-order valence-corrected chi connectivity index (χ4v) is 3.24. The number of alkyl halides is 3. The Morgan fingerprint density at radius 1 is 1.21 bits per heavy atom. The number of amides is 1. The van der Waals surface area contributed by atoms with Gasteiger partial charge in [0.05, 0.1) is 11.4 Å². The van der Waals surface area contributed by atoms with E-state index in [9.17, 15) is 22.8 Å². The highest BCUT2D eigenvalue weighted by Crippen LogP contribution is 2.33. The van der Waals surface area contributed by atoms with Crippen LogP contribution < -0.4 is 4.90 Å². The van der Waals surface area contributed by atoms with E-state index in [-0.39, 0.29) is 17.8 Å². The van der Waals surface area contributed by atoms with Gasteiger partial charge in [-0.2, -0.15) is 13.2 Å². The van der Waals surface area contributed by atoms with Crippen molar-refractivity contribution in [1.82, 2.24) is 0 Å². The summed E-state index contributed by atoms with van der Waals surface area (Å²) in [6.07, 6.45) is -6.42. The lowest BCUT2D eigenvalue weighted by atomic mass is 10.0. The van der Waals surface area contributed by atoms with E-state index in [0.29, 0.717) is 20.5 Å². The first-order chi connectivity index (χ1) is 13.7. The molecule has 29 heavy (non-hydrogen) atoms. The molecule has 0 aromatic heterocycles. The molecule has 1 aliphatic heterocycles. The molecule has 0 N–H and O–H groups in total. The average molecular weight is 469 g/mol. The number of carbonyl (C=O) groups excluding carboxylic acids is 2. The molecule has 0 bridgehead atoms. The summed E-state index contributed by atoms with van der Waals surface area (Å²) in [4.78, 5) is 29.6. The third-order valence-corrected chi connectivity index (χ3v) is 4.64. The quantitative estimate of drug-likeness (QED) is 0.621. The van der Waals surface area contributed by atoms with Gasteiger partial charge in [0.25, 0.3) is 12.1 Å². The molecule has 2 aromatic rings. The summed E-state index contributed by atoms with van der Waals surface area (Å²) in [6.45, 7) is -0.0110. The van der Waals surface area contributed by atoms with E-state index in [4.69, 9.17) is 4.74 Å². The number of benzene rings is 2. The molecular formula is C20H16BrF3N2O3. The summed E-state index contributed by atoms with van der Waals surface area (Å²) in [5, 5.41) is 0. The van der Waals surface area contributed by atoms with E-state index < -0.39 is 30.8 Å². The molecule has 1 heterocycles. The van der Waals surface area contributed by atoms with Gasteiger partial charge >= 0.3 is 12.1 Å². The molecule has 0 radical (unpaired) electrons. The number of benzodiazepines with no additional fused rings is 1. The second-order valence-corrected chi connectivity index (χ2v) is 7.16. The fourth-order valence-electron chi connectivity index (χ4n) is 2.88. The Morgan fingerprint density at radius 2 is 1.90 bits per heavy atom. The summed E-state index contributed by atoms with van der Waals surface area (Å²) in [5.41, 5.74) is 1.19. The summed E-state index contributed by atoms with van der Waals surface area (Å²) in [5.74, 6) is -1.79. The van der Waals surface area contributed by atoms with Crippen molar-refractivity contribution in [1.29, 1.82) is 0 Å². The van der Waals surface area contributed by atoms with Gasteiger partial charge in [-0.05, 0) is 18.2 Å². The molecule has 1 unspecified atom stereocenters. The van der Waals surface area contributed by atoms with Crippen molar-refractivity contribution in [2.75, 3.05) is 11.4 Å². The highest BCUT2D eigenvalue weighted by atomic mass is 79.9. The Hall–Kier alpha value is -2.68. The average Bonchev–Trinajstić information content (AvgIpc) is 2.78. The van der Waals surface area contributed by atoms with Crippen LogP contribution in [0.3, 0.4) is 0 Å². The summed E-state index contributed by atoms with van der Waals surface area (Å²) >= 11 is 3.31. The number of nitrogens with zero attached hydrogens (tertiary/aromatic N) is 2. The second kappa shape index (κ2) is 8.36. The Bertz CT molecular complexity index is 961. The van der Waals surface area contributed by atoms with Crippen LogP contribution in [0.4, 0.5) is 18.9 Å². The van der Waals surface area contributed by atoms with E-state index in [1.165, 1.54) is 19.1 Å². The van der Waals surface area contributed by atoms with Gasteiger partial charge in [0.1, 0.15) is 6.54 Å². The summed E-state index contributed by atoms with van der Waals surface area (Å²) in [7, 11) is 0. The first-order valence-electron chi connectivity index (χ1n) is 8.70. The Kier molecular flexibility index (Phi) is 6.07. The number of rotatable bonds is 4. The zero-order valence-corrected chi connectivity index (χ0v) is 16.8. The maximum Gasteiger partial charge on any atom is 0.406 e. The van der Waals surface area contributed by atoms with Crippen molar-refractivity contribution in [3.8, 4) is 0 Å². The SMILES string of the molecule is CCC(=O)OC1N=C(c2ccccc2)c2cc(Br)ccc2N(CC(F)(F)F)C1=O. The summed E-state index contributed by atoms with van der Waals surface area (Å²) in [6, 6.07) is 13.2. The van der Waals surface area contributed by atoms with Crippen LogP contribution in [0.15, 0.2) is 58.0 Å². The summed E-state index contributed by atoms with van der Waals surface area (Å²) < 4.78 is 45.4. The molecule has 0 spiro atoms. The highest BCUT2D eigenvalue weighted by Gasteiger charge is 2.40. The van der Waals surface area contributed by atoms with E-state index in [1.807, 2.05) is 0 Å². The van der Waals surface area contributed by atoms with Crippen LogP contribution in [0.2, 0.25) is 0 Å². The van der Waals surface area contributed by atoms with Crippen molar-refractivity contribution < 1.29 is 27.5 Å². The van der Waals surface area contributed by atoms with Gasteiger partial charge in [-0.1, -0.05) is 53.2 Å². The van der Waals surface area contributed by atoms with Crippen LogP contribution in [0.5, 0.6) is 0 Å². The zero-order valence-electron chi connectivity index (χ0n) is 15.2. The molecule has 152 valence electrons. The standard InChI is InChI=1S/C20H16BrF3N2O3/c1-2-16(27)29-18-19(28)26(11-20(22,23)24)15-9-8-13(21)10-14(15)17(25-18)12-6-4-3-5-7-12/h3-10,18H,2,11H2,1H3. The van der Waals surface area contributed by atoms with Gasteiger partial charge in [-0.25, -0.2) is 4.99 Å². The molecule has 2 aromatic carbocycles. The minimum Gasteiger partial charge on any atom is -0.430 e. The number of esters is 1. The van der Waals surface area contributed by atoms with E-state index in [1.54, 1.807) is 36.4 Å². The van der Waals surface area contributed by atoms with Crippen molar-refractivity contribution in [3.05, 3.63) is 64.1 Å². The maximum atomic E-state index is 13.2. The van der Waals surface area contributed by atoms with Gasteiger partial charge in [-0.3, -0.25) is 14.5 Å². The Labute approximate surface area is 173 Å².